The van der Waals surface area contributed by atoms with Gasteiger partial charge in [0.25, 0.3) is 0 Å². The van der Waals surface area contributed by atoms with E-state index in [0.717, 1.165) is 54.3 Å². The van der Waals surface area contributed by atoms with Crippen LogP contribution in [-0.2, 0) is 26.8 Å². The molecule has 4 rings (SSSR count). The Balaban J connectivity index is 1.67. The summed E-state index contributed by atoms with van der Waals surface area (Å²) in [7, 11) is 0. The van der Waals surface area contributed by atoms with Gasteiger partial charge in [-0.2, -0.15) is 5.10 Å². The Labute approximate surface area is 239 Å². The monoisotopic (exact) mass is 547 g/mol. The summed E-state index contributed by atoms with van der Waals surface area (Å²) in [5.41, 5.74) is 3.31. The minimum Gasteiger partial charge on any atom is -0.444 e. The van der Waals surface area contributed by atoms with E-state index in [-0.39, 0.29) is 17.7 Å². The van der Waals surface area contributed by atoms with E-state index < -0.39 is 11.0 Å². The SMILES string of the molecule is CC(C)(C)OC(=O)N(Cc1ccccn1)CC(C)(C)c1cccc(-c2cc(C(C)(C)C)nn2C2CCCCO2)n1. The van der Waals surface area contributed by atoms with E-state index in [9.17, 15) is 4.79 Å². The molecule has 1 fully saturated rings. The lowest BCUT2D eigenvalue weighted by atomic mass is 9.87. The molecule has 3 aromatic heterocycles. The van der Waals surface area contributed by atoms with Gasteiger partial charge in [-0.3, -0.25) is 9.97 Å². The van der Waals surface area contributed by atoms with Crippen LogP contribution in [0.15, 0.2) is 48.7 Å². The molecule has 0 radical (unpaired) electrons. The van der Waals surface area contributed by atoms with Gasteiger partial charge in [0.2, 0.25) is 0 Å². The molecule has 8 nitrogen and oxygen atoms in total. The van der Waals surface area contributed by atoms with Crippen LogP contribution >= 0.6 is 0 Å². The number of amides is 1. The number of nitrogens with zero attached hydrogens (tertiary/aromatic N) is 5. The zero-order valence-electron chi connectivity index (χ0n) is 25.4. The number of hydrogen-bond donors (Lipinski definition) is 0. The van der Waals surface area contributed by atoms with Crippen LogP contribution in [0.3, 0.4) is 0 Å². The summed E-state index contributed by atoms with van der Waals surface area (Å²) in [6.07, 6.45) is 4.40. The molecule has 1 aliphatic heterocycles. The quantitative estimate of drug-likeness (QED) is 0.315. The minimum absolute atomic E-state index is 0.0978. The highest BCUT2D eigenvalue weighted by Gasteiger charge is 2.32. The maximum Gasteiger partial charge on any atom is 0.410 e. The highest BCUT2D eigenvalue weighted by Crippen LogP contribution is 2.33. The standard InChI is InChI=1S/C32H45N5O3/c1-30(2,3)27-20-25(37(35-27)28-17-10-12-19-39-28)24-15-13-16-26(34-24)32(7,8)22-36(29(38)40-31(4,5)6)21-23-14-9-11-18-33-23/h9,11,13-16,18,20,28H,10,12,17,19,21-22H2,1-8H3. The first-order valence-electron chi connectivity index (χ1n) is 14.3. The molecule has 1 saturated heterocycles. The van der Waals surface area contributed by atoms with Crippen molar-refractivity contribution in [2.45, 2.75) is 104 Å². The fraction of sp³-hybridized carbons (Fsp3) is 0.562. The summed E-state index contributed by atoms with van der Waals surface area (Å²) >= 11 is 0. The Morgan fingerprint density at radius 3 is 2.42 bits per heavy atom. The van der Waals surface area contributed by atoms with Gasteiger partial charge < -0.3 is 14.4 Å². The second kappa shape index (κ2) is 11.7. The predicted molar refractivity (Wildman–Crippen MR) is 157 cm³/mol. The molecule has 0 aromatic carbocycles. The first-order chi connectivity index (χ1) is 18.7. The lowest BCUT2D eigenvalue weighted by Gasteiger charge is -2.34. The molecule has 1 atom stereocenters. The number of ether oxygens (including phenoxy) is 2. The van der Waals surface area contributed by atoms with E-state index >= 15 is 0 Å². The zero-order valence-corrected chi connectivity index (χ0v) is 25.4. The van der Waals surface area contributed by atoms with E-state index in [0.29, 0.717) is 13.1 Å². The molecule has 216 valence electrons. The molecule has 40 heavy (non-hydrogen) atoms. The summed E-state index contributed by atoms with van der Waals surface area (Å²) < 4.78 is 13.9. The van der Waals surface area contributed by atoms with Gasteiger partial charge in [-0.15, -0.1) is 0 Å². The minimum atomic E-state index is -0.605. The van der Waals surface area contributed by atoms with Crippen LogP contribution in [0.5, 0.6) is 0 Å². The van der Waals surface area contributed by atoms with Crippen molar-refractivity contribution in [3.8, 4) is 11.4 Å². The van der Waals surface area contributed by atoms with Gasteiger partial charge in [0.05, 0.1) is 29.3 Å². The Kier molecular flexibility index (Phi) is 8.69. The van der Waals surface area contributed by atoms with Gasteiger partial charge in [-0.1, -0.05) is 46.8 Å². The van der Waals surface area contributed by atoms with E-state index in [1.54, 1.807) is 11.1 Å². The van der Waals surface area contributed by atoms with E-state index in [1.165, 1.54) is 0 Å². The van der Waals surface area contributed by atoms with Crippen LogP contribution in [0.2, 0.25) is 0 Å². The van der Waals surface area contributed by atoms with Crippen LogP contribution in [0.25, 0.3) is 11.4 Å². The van der Waals surface area contributed by atoms with Crippen LogP contribution in [0.1, 0.15) is 98.0 Å². The third-order valence-electron chi connectivity index (χ3n) is 6.95. The van der Waals surface area contributed by atoms with Gasteiger partial charge in [0.1, 0.15) is 5.60 Å². The maximum absolute atomic E-state index is 13.3. The number of carbonyl (C=O) groups is 1. The molecular weight excluding hydrogens is 502 g/mol. The summed E-state index contributed by atoms with van der Waals surface area (Å²) in [4.78, 5) is 24.6. The normalized spacial score (nSPS) is 16.6. The fourth-order valence-electron chi connectivity index (χ4n) is 4.80. The van der Waals surface area contributed by atoms with Crippen molar-refractivity contribution in [1.29, 1.82) is 0 Å². The van der Waals surface area contributed by atoms with Crippen molar-refractivity contribution >= 4 is 6.09 Å². The molecule has 1 amide bonds. The van der Waals surface area contributed by atoms with Crippen LogP contribution in [-0.4, -0.2) is 49.5 Å². The van der Waals surface area contributed by atoms with Crippen molar-refractivity contribution in [2.75, 3.05) is 13.2 Å². The second-order valence-corrected chi connectivity index (χ2v) is 13.4. The second-order valence-electron chi connectivity index (χ2n) is 13.4. The van der Waals surface area contributed by atoms with Gasteiger partial charge in [0, 0.05) is 35.9 Å². The van der Waals surface area contributed by atoms with E-state index in [4.69, 9.17) is 19.6 Å². The molecule has 8 heteroatoms. The van der Waals surface area contributed by atoms with Crippen molar-refractivity contribution in [3.05, 3.63) is 65.7 Å². The number of hydrogen-bond acceptors (Lipinski definition) is 6. The summed E-state index contributed by atoms with van der Waals surface area (Å²) in [5, 5.41) is 5.00. The number of aromatic nitrogens is 4. The molecule has 0 saturated carbocycles. The first kappa shape index (κ1) is 29.7. The molecule has 0 bridgehead atoms. The summed E-state index contributed by atoms with van der Waals surface area (Å²) in [6.45, 7) is 17.9. The topological polar surface area (TPSA) is 82.4 Å². The first-order valence-corrected chi connectivity index (χ1v) is 14.3. The maximum atomic E-state index is 13.3. The Bertz CT molecular complexity index is 1280. The molecule has 1 aliphatic rings. The van der Waals surface area contributed by atoms with Crippen molar-refractivity contribution in [1.82, 2.24) is 24.6 Å². The van der Waals surface area contributed by atoms with Crippen molar-refractivity contribution < 1.29 is 14.3 Å². The average molecular weight is 548 g/mol. The molecule has 1 unspecified atom stereocenters. The predicted octanol–water partition coefficient (Wildman–Crippen LogP) is 7.05. The molecule has 3 aromatic rings. The van der Waals surface area contributed by atoms with Crippen molar-refractivity contribution in [2.24, 2.45) is 0 Å². The Morgan fingerprint density at radius 1 is 1.02 bits per heavy atom. The van der Waals surface area contributed by atoms with Crippen molar-refractivity contribution in [3.63, 3.8) is 0 Å². The lowest BCUT2D eigenvalue weighted by Crippen LogP contribution is -2.43. The fourth-order valence-corrected chi connectivity index (χ4v) is 4.80. The molecule has 0 spiro atoms. The lowest BCUT2D eigenvalue weighted by molar-refractivity contribution is -0.0387. The van der Waals surface area contributed by atoms with Gasteiger partial charge in [-0.05, 0) is 70.4 Å². The van der Waals surface area contributed by atoms with Gasteiger partial charge in [-0.25, -0.2) is 9.48 Å². The van der Waals surface area contributed by atoms with Gasteiger partial charge >= 0.3 is 6.09 Å². The van der Waals surface area contributed by atoms with E-state index in [1.807, 2.05) is 61.9 Å². The number of pyridine rings is 2. The van der Waals surface area contributed by atoms with Crippen LogP contribution in [0.4, 0.5) is 4.79 Å². The average Bonchev–Trinajstić information content (AvgIpc) is 3.35. The molecule has 0 aliphatic carbocycles. The number of carbonyl (C=O) groups excluding carboxylic acids is 1. The van der Waals surface area contributed by atoms with Crippen LogP contribution in [0, 0.1) is 0 Å². The molecular formula is C32H45N5O3. The highest BCUT2D eigenvalue weighted by molar-refractivity contribution is 5.68. The Hall–Kier alpha value is -3.26. The smallest absolute Gasteiger partial charge is 0.410 e. The van der Waals surface area contributed by atoms with Crippen LogP contribution < -0.4 is 0 Å². The highest BCUT2D eigenvalue weighted by atomic mass is 16.6. The zero-order chi connectivity index (χ0) is 29.1. The Morgan fingerprint density at radius 2 is 1.80 bits per heavy atom. The third kappa shape index (κ3) is 7.47. The summed E-state index contributed by atoms with van der Waals surface area (Å²) in [5.74, 6) is 0. The largest absolute Gasteiger partial charge is 0.444 e. The van der Waals surface area contributed by atoms with E-state index in [2.05, 4.69) is 45.7 Å². The molecule has 0 N–H and O–H groups in total. The molecule has 4 heterocycles. The number of rotatable bonds is 7. The van der Waals surface area contributed by atoms with Gasteiger partial charge in [0.15, 0.2) is 6.23 Å². The summed E-state index contributed by atoms with van der Waals surface area (Å²) in [6, 6.07) is 14.0. The third-order valence-corrected chi connectivity index (χ3v) is 6.95.